The second kappa shape index (κ2) is 8.18. The fourth-order valence-corrected chi connectivity index (χ4v) is 5.99. The fraction of sp³-hybridized carbons (Fsp3) is 0.136. The van der Waals surface area contributed by atoms with Crippen LogP contribution in [0.3, 0.4) is 0 Å². The van der Waals surface area contributed by atoms with E-state index in [2.05, 4.69) is 0 Å². The third-order valence-corrected chi connectivity index (χ3v) is 8.39. The number of halogens is 4. The first-order valence-corrected chi connectivity index (χ1v) is 11.9. The lowest BCUT2D eigenvalue weighted by molar-refractivity contribution is -0.130. The molecule has 2 aromatic carbocycles. The molecular formula is C22H12Cl4N2O4S. The van der Waals surface area contributed by atoms with E-state index in [1.54, 1.807) is 24.3 Å². The van der Waals surface area contributed by atoms with E-state index >= 15 is 0 Å². The van der Waals surface area contributed by atoms with Crippen molar-refractivity contribution in [2.75, 3.05) is 12.0 Å². The topological polar surface area (TPSA) is 66.9 Å². The average molecular weight is 542 g/mol. The molecule has 0 saturated carbocycles. The molecule has 1 saturated heterocycles. The minimum absolute atomic E-state index is 0.127. The van der Waals surface area contributed by atoms with Crippen LogP contribution in [0.15, 0.2) is 41.8 Å². The van der Waals surface area contributed by atoms with Gasteiger partial charge in [-0.2, -0.15) is 0 Å². The van der Waals surface area contributed by atoms with Crippen molar-refractivity contribution < 1.29 is 19.1 Å². The molecule has 2 aliphatic heterocycles. The molecule has 3 heterocycles. The molecule has 168 valence electrons. The number of fused-ring (bicyclic) bond motifs is 1. The van der Waals surface area contributed by atoms with Gasteiger partial charge in [0.1, 0.15) is 17.8 Å². The molecule has 0 N–H and O–H groups in total. The van der Waals surface area contributed by atoms with Crippen LogP contribution in [0.5, 0.6) is 5.75 Å². The second-order valence-corrected chi connectivity index (χ2v) is 9.79. The van der Waals surface area contributed by atoms with Gasteiger partial charge in [0, 0.05) is 16.6 Å². The van der Waals surface area contributed by atoms with Crippen LogP contribution >= 0.6 is 57.7 Å². The number of anilines is 1. The van der Waals surface area contributed by atoms with Gasteiger partial charge in [0.05, 0.1) is 38.3 Å². The summed E-state index contributed by atoms with van der Waals surface area (Å²) in [4.78, 5) is 43.4. The Labute approximate surface area is 212 Å². The van der Waals surface area contributed by atoms with Crippen LogP contribution < -0.4 is 9.64 Å². The van der Waals surface area contributed by atoms with Crippen molar-refractivity contribution in [3.8, 4) is 5.75 Å². The summed E-state index contributed by atoms with van der Waals surface area (Å²) in [5.41, 5.74) is 0.269. The number of benzene rings is 2. The van der Waals surface area contributed by atoms with Crippen LogP contribution in [-0.4, -0.2) is 35.8 Å². The van der Waals surface area contributed by atoms with Crippen LogP contribution in [-0.2, 0) is 4.79 Å². The Bertz CT molecular complexity index is 1300. The zero-order chi connectivity index (χ0) is 23.6. The summed E-state index contributed by atoms with van der Waals surface area (Å²) < 4.78 is 5.28. The Balaban J connectivity index is 1.61. The number of carbonyl (C=O) groups is 3. The lowest BCUT2D eigenvalue weighted by Crippen LogP contribution is -2.67. The van der Waals surface area contributed by atoms with Crippen LogP contribution in [0.2, 0.25) is 20.1 Å². The molecule has 33 heavy (non-hydrogen) atoms. The predicted octanol–water partition coefficient (Wildman–Crippen LogP) is 6.12. The first-order chi connectivity index (χ1) is 15.8. The first kappa shape index (κ1) is 22.5. The molecule has 5 rings (SSSR count). The molecule has 2 atom stereocenters. The largest absolute Gasteiger partial charge is 0.497 e. The number of thiophene rings is 1. The highest BCUT2D eigenvalue weighted by atomic mass is 35.5. The van der Waals surface area contributed by atoms with Gasteiger partial charge in [0.2, 0.25) is 0 Å². The van der Waals surface area contributed by atoms with Crippen LogP contribution in [0.4, 0.5) is 5.69 Å². The van der Waals surface area contributed by atoms with Crippen LogP contribution in [0.25, 0.3) is 0 Å². The minimum atomic E-state index is -1.09. The van der Waals surface area contributed by atoms with Gasteiger partial charge in [-0.25, -0.2) is 0 Å². The molecule has 0 spiro atoms. The highest BCUT2D eigenvalue weighted by Crippen LogP contribution is 2.49. The summed E-state index contributed by atoms with van der Waals surface area (Å²) in [7, 11) is 1.53. The monoisotopic (exact) mass is 540 g/mol. The second-order valence-electron chi connectivity index (χ2n) is 7.30. The minimum Gasteiger partial charge on any atom is -0.497 e. The standard InChI is InChI=1S/C22H12Cl4N2O4S/c1-32-10-5-2-4-9(8-10)27-18(11-6-3-7-33-11)19(22(27)31)28-20(29)12-13(21(28)30)15(24)17(26)16(25)14(12)23/h2-8,18-19H,1H3/t18-,19-/m1/s1. The number of β-lactam (4-membered cyclic amide) rings is 1. The lowest BCUT2D eigenvalue weighted by atomic mass is 9.90. The third kappa shape index (κ3) is 3.18. The molecule has 3 amide bonds. The van der Waals surface area contributed by atoms with Crippen molar-refractivity contribution >= 4 is 81.1 Å². The Morgan fingerprint density at radius 3 is 2.00 bits per heavy atom. The van der Waals surface area contributed by atoms with Gasteiger partial charge in [-0.05, 0) is 23.6 Å². The van der Waals surface area contributed by atoms with E-state index < -0.39 is 29.8 Å². The van der Waals surface area contributed by atoms with Gasteiger partial charge in [0.15, 0.2) is 0 Å². The zero-order valence-corrected chi connectivity index (χ0v) is 20.5. The summed E-state index contributed by atoms with van der Waals surface area (Å²) in [6, 6.07) is 8.96. The van der Waals surface area contributed by atoms with Crippen molar-refractivity contribution in [3.63, 3.8) is 0 Å². The molecule has 3 aromatic rings. The molecule has 1 fully saturated rings. The van der Waals surface area contributed by atoms with Gasteiger partial charge in [0.25, 0.3) is 17.7 Å². The van der Waals surface area contributed by atoms with Gasteiger partial charge in [-0.3, -0.25) is 24.2 Å². The maximum absolute atomic E-state index is 13.4. The predicted molar refractivity (Wildman–Crippen MR) is 128 cm³/mol. The molecule has 11 heteroatoms. The number of hydrogen-bond acceptors (Lipinski definition) is 5. The Hall–Kier alpha value is -2.29. The van der Waals surface area contributed by atoms with E-state index in [4.69, 9.17) is 51.1 Å². The maximum atomic E-state index is 13.4. The average Bonchev–Trinajstić information content (AvgIpc) is 3.42. The van der Waals surface area contributed by atoms with Crippen molar-refractivity contribution in [1.29, 1.82) is 0 Å². The summed E-state index contributed by atoms with van der Waals surface area (Å²) in [6.07, 6.45) is 0. The summed E-state index contributed by atoms with van der Waals surface area (Å²) >= 11 is 26.1. The summed E-state index contributed by atoms with van der Waals surface area (Å²) in [5.74, 6) is -1.35. The molecule has 6 nitrogen and oxygen atoms in total. The number of amides is 3. The quantitative estimate of drug-likeness (QED) is 0.173. The number of nitrogens with zero attached hydrogens (tertiary/aromatic N) is 2. The van der Waals surface area contributed by atoms with Crippen molar-refractivity contribution in [2.45, 2.75) is 12.1 Å². The normalized spacial score (nSPS) is 19.7. The van der Waals surface area contributed by atoms with E-state index in [0.717, 1.165) is 9.78 Å². The summed E-state index contributed by atoms with van der Waals surface area (Å²) in [6.45, 7) is 0. The molecule has 0 aliphatic carbocycles. The number of ether oxygens (including phenoxy) is 1. The van der Waals surface area contributed by atoms with Gasteiger partial charge in [-0.1, -0.05) is 58.5 Å². The van der Waals surface area contributed by atoms with E-state index in [1.807, 2.05) is 17.5 Å². The number of carbonyl (C=O) groups excluding carboxylic acids is 3. The first-order valence-electron chi connectivity index (χ1n) is 9.52. The molecular weight excluding hydrogens is 530 g/mol. The Kier molecular flexibility index (Phi) is 5.58. The number of rotatable bonds is 4. The number of methoxy groups -OCH3 is 1. The molecule has 1 aromatic heterocycles. The Morgan fingerprint density at radius 2 is 1.45 bits per heavy atom. The van der Waals surface area contributed by atoms with Gasteiger partial charge >= 0.3 is 0 Å². The molecule has 0 bridgehead atoms. The molecule has 0 unspecified atom stereocenters. The van der Waals surface area contributed by atoms with Crippen molar-refractivity contribution in [1.82, 2.24) is 4.90 Å². The fourth-order valence-electron chi connectivity index (χ4n) is 4.14. The third-order valence-electron chi connectivity index (χ3n) is 5.64. The van der Waals surface area contributed by atoms with E-state index in [-0.39, 0.29) is 31.2 Å². The van der Waals surface area contributed by atoms with E-state index in [0.29, 0.717) is 11.4 Å². The zero-order valence-electron chi connectivity index (χ0n) is 16.6. The van der Waals surface area contributed by atoms with Crippen molar-refractivity contribution in [2.24, 2.45) is 0 Å². The SMILES string of the molecule is COc1cccc(N2C(=O)[C@H](N3C(=O)c4c(Cl)c(Cl)c(Cl)c(Cl)c4C3=O)[C@H]2c2cccs2)c1. The highest BCUT2D eigenvalue weighted by Gasteiger charge is 2.58. The van der Waals surface area contributed by atoms with Crippen molar-refractivity contribution in [3.05, 3.63) is 77.9 Å². The number of imide groups is 1. The molecule has 2 aliphatic rings. The number of hydrogen-bond donors (Lipinski definition) is 0. The maximum Gasteiger partial charge on any atom is 0.264 e. The van der Waals surface area contributed by atoms with E-state index in [1.165, 1.54) is 23.3 Å². The summed E-state index contributed by atoms with van der Waals surface area (Å²) in [5, 5.41) is 1.25. The van der Waals surface area contributed by atoms with Gasteiger partial charge < -0.3 is 4.74 Å². The highest BCUT2D eigenvalue weighted by molar-refractivity contribution is 7.10. The van der Waals surface area contributed by atoms with Crippen LogP contribution in [0, 0.1) is 0 Å². The van der Waals surface area contributed by atoms with Crippen LogP contribution in [0.1, 0.15) is 31.6 Å². The smallest absolute Gasteiger partial charge is 0.264 e. The lowest BCUT2D eigenvalue weighted by Gasteiger charge is -2.49. The van der Waals surface area contributed by atoms with Gasteiger partial charge in [-0.15, -0.1) is 11.3 Å². The molecule has 0 radical (unpaired) electrons. The van der Waals surface area contributed by atoms with E-state index in [9.17, 15) is 14.4 Å². The Morgan fingerprint density at radius 1 is 0.818 bits per heavy atom.